The Bertz CT molecular complexity index is 492. The maximum atomic E-state index is 13.0. The van der Waals surface area contributed by atoms with Gasteiger partial charge in [-0.05, 0) is 31.0 Å². The molecule has 1 aromatic rings. The van der Waals surface area contributed by atoms with Crippen LogP contribution >= 0.6 is 31.9 Å². The molecule has 0 spiro atoms. The van der Waals surface area contributed by atoms with Crippen molar-refractivity contribution in [2.45, 2.75) is 25.4 Å². The number of rotatable bonds is 6. The fourth-order valence-electron chi connectivity index (χ4n) is 1.86. The van der Waals surface area contributed by atoms with Crippen LogP contribution in [0.15, 0.2) is 22.7 Å². The summed E-state index contributed by atoms with van der Waals surface area (Å²) in [6, 6.07) is 3.59. The first kappa shape index (κ1) is 18.5. The first-order valence-corrected chi connectivity index (χ1v) is 8.37. The van der Waals surface area contributed by atoms with Crippen molar-refractivity contribution >= 4 is 37.8 Å². The third-order valence-corrected chi connectivity index (χ3v) is 4.05. The molecule has 0 aliphatic carbocycles. The van der Waals surface area contributed by atoms with Crippen LogP contribution in [0.25, 0.3) is 0 Å². The van der Waals surface area contributed by atoms with Crippen LogP contribution in [0, 0.1) is 0 Å². The van der Waals surface area contributed by atoms with Gasteiger partial charge in [-0.15, -0.1) is 0 Å². The van der Waals surface area contributed by atoms with Crippen LogP contribution in [0.5, 0.6) is 0 Å². The fourth-order valence-corrected chi connectivity index (χ4v) is 2.62. The quantitative estimate of drug-likeness (QED) is 0.453. The number of carbonyl (C=O) groups excluding carboxylic acids is 1. The fraction of sp³-hybridized carbons (Fsp3) is 0.500. The molecule has 1 amide bonds. The first-order valence-electron chi connectivity index (χ1n) is 6.45. The average Bonchev–Trinajstić information content (AvgIpc) is 2.41. The minimum atomic E-state index is -4.55. The van der Waals surface area contributed by atoms with Crippen molar-refractivity contribution in [1.29, 1.82) is 0 Å². The summed E-state index contributed by atoms with van der Waals surface area (Å²) in [6.45, 7) is 0.444. The molecular weight excluding hydrogens is 415 g/mol. The number of hydrogen-bond acceptors (Lipinski definition) is 1. The molecular formula is C14H16Br2F3NO. The summed E-state index contributed by atoms with van der Waals surface area (Å²) < 4.78 is 39.3. The molecule has 7 heteroatoms. The highest BCUT2D eigenvalue weighted by Crippen LogP contribution is 2.34. The van der Waals surface area contributed by atoms with Crippen molar-refractivity contribution < 1.29 is 18.0 Å². The van der Waals surface area contributed by atoms with E-state index >= 15 is 0 Å². The molecule has 0 bridgehead atoms. The van der Waals surface area contributed by atoms with Gasteiger partial charge in [-0.3, -0.25) is 4.79 Å². The van der Waals surface area contributed by atoms with Gasteiger partial charge in [0.15, 0.2) is 0 Å². The first-order chi connectivity index (χ1) is 9.77. The zero-order valence-corrected chi connectivity index (χ0v) is 14.7. The van der Waals surface area contributed by atoms with Gasteiger partial charge in [0.05, 0.1) is 11.1 Å². The van der Waals surface area contributed by atoms with E-state index in [1.54, 1.807) is 0 Å². The van der Waals surface area contributed by atoms with Gasteiger partial charge in [-0.25, -0.2) is 0 Å². The van der Waals surface area contributed by atoms with Crippen LogP contribution in [0.2, 0.25) is 0 Å². The number of hydrogen-bond donors (Lipinski definition) is 0. The molecule has 0 heterocycles. The molecule has 0 saturated carbocycles. The average molecular weight is 431 g/mol. The summed E-state index contributed by atoms with van der Waals surface area (Å²) in [7, 11) is 1.53. The largest absolute Gasteiger partial charge is 0.417 e. The molecule has 0 atom stereocenters. The van der Waals surface area contributed by atoms with E-state index in [0.717, 1.165) is 30.7 Å². The van der Waals surface area contributed by atoms with E-state index in [0.29, 0.717) is 11.0 Å². The number of nitrogens with zero attached hydrogens (tertiary/aromatic N) is 1. The lowest BCUT2D eigenvalue weighted by molar-refractivity contribution is -0.138. The second kappa shape index (κ2) is 8.17. The second-order valence-electron chi connectivity index (χ2n) is 4.66. The van der Waals surface area contributed by atoms with E-state index in [4.69, 9.17) is 0 Å². The van der Waals surface area contributed by atoms with Gasteiger partial charge in [-0.1, -0.05) is 38.3 Å². The Morgan fingerprint density at radius 1 is 1.24 bits per heavy atom. The topological polar surface area (TPSA) is 20.3 Å². The highest BCUT2D eigenvalue weighted by atomic mass is 79.9. The number of benzene rings is 1. The Balaban J connectivity index is 2.87. The molecule has 0 unspecified atom stereocenters. The summed E-state index contributed by atoms with van der Waals surface area (Å²) in [6.07, 6.45) is -1.87. The highest BCUT2D eigenvalue weighted by Gasteiger charge is 2.36. The Kier molecular flexibility index (Phi) is 7.20. The molecule has 2 nitrogen and oxygen atoms in total. The Morgan fingerprint density at radius 3 is 2.48 bits per heavy atom. The normalized spacial score (nSPS) is 11.5. The number of alkyl halides is 4. The Labute approximate surface area is 139 Å². The Morgan fingerprint density at radius 2 is 1.90 bits per heavy atom. The van der Waals surface area contributed by atoms with Crippen molar-refractivity contribution in [3.8, 4) is 0 Å². The molecule has 21 heavy (non-hydrogen) atoms. The van der Waals surface area contributed by atoms with Crippen LogP contribution in [-0.4, -0.2) is 29.7 Å². The molecule has 0 fully saturated rings. The summed E-state index contributed by atoms with van der Waals surface area (Å²) >= 11 is 6.32. The predicted octanol–water partition coefficient (Wildman–Crippen LogP) is 5.11. The van der Waals surface area contributed by atoms with Gasteiger partial charge in [0.2, 0.25) is 0 Å². The summed E-state index contributed by atoms with van der Waals surface area (Å²) in [5.41, 5.74) is -1.22. The molecule has 0 radical (unpaired) electrons. The number of halogens is 5. The molecule has 1 rings (SSSR count). The van der Waals surface area contributed by atoms with Crippen molar-refractivity contribution in [3.63, 3.8) is 0 Å². The Hall–Kier alpha value is -0.560. The van der Waals surface area contributed by atoms with Crippen molar-refractivity contribution in [1.82, 2.24) is 4.90 Å². The maximum absolute atomic E-state index is 13.0. The van der Waals surface area contributed by atoms with Gasteiger partial charge >= 0.3 is 6.18 Å². The van der Waals surface area contributed by atoms with Gasteiger partial charge in [0.1, 0.15) is 0 Å². The van der Waals surface area contributed by atoms with E-state index in [1.165, 1.54) is 24.1 Å². The van der Waals surface area contributed by atoms with E-state index in [-0.39, 0.29) is 5.56 Å². The lowest BCUT2D eigenvalue weighted by Crippen LogP contribution is -2.29. The smallest absolute Gasteiger partial charge is 0.342 e. The summed E-state index contributed by atoms with van der Waals surface area (Å²) in [5, 5.41) is 0.885. The summed E-state index contributed by atoms with van der Waals surface area (Å²) in [5.74, 6) is -0.603. The van der Waals surface area contributed by atoms with Crippen LogP contribution in [-0.2, 0) is 6.18 Å². The molecule has 0 aromatic heterocycles. The van der Waals surface area contributed by atoms with E-state index in [9.17, 15) is 18.0 Å². The molecule has 1 aromatic carbocycles. The maximum Gasteiger partial charge on any atom is 0.417 e. The zero-order valence-electron chi connectivity index (χ0n) is 11.5. The molecule has 0 saturated heterocycles. The van der Waals surface area contributed by atoms with Gasteiger partial charge in [0, 0.05) is 23.4 Å². The van der Waals surface area contributed by atoms with Gasteiger partial charge in [-0.2, -0.15) is 13.2 Å². The number of unbranched alkanes of at least 4 members (excludes halogenated alkanes) is 2. The predicted molar refractivity (Wildman–Crippen MR) is 83.7 cm³/mol. The van der Waals surface area contributed by atoms with Crippen molar-refractivity contribution in [3.05, 3.63) is 33.8 Å². The van der Waals surface area contributed by atoms with Gasteiger partial charge in [0.25, 0.3) is 5.91 Å². The highest BCUT2D eigenvalue weighted by molar-refractivity contribution is 9.10. The zero-order chi connectivity index (χ0) is 16.0. The molecule has 0 aliphatic heterocycles. The molecule has 0 aliphatic rings. The third kappa shape index (κ3) is 5.62. The minimum absolute atomic E-state index is 0.298. The van der Waals surface area contributed by atoms with Crippen LogP contribution in [0.3, 0.4) is 0 Å². The number of amides is 1. The van der Waals surface area contributed by atoms with Crippen LogP contribution in [0.1, 0.15) is 35.2 Å². The third-order valence-electron chi connectivity index (χ3n) is 2.99. The van der Waals surface area contributed by atoms with E-state index in [2.05, 4.69) is 31.9 Å². The standard InChI is InChI=1S/C14H16Br2F3NO/c1-20(8-4-2-3-7-15)13(21)11-6-5-10(16)9-12(11)14(17,18)19/h5-6,9H,2-4,7-8H2,1H3. The lowest BCUT2D eigenvalue weighted by Gasteiger charge is -2.20. The van der Waals surface area contributed by atoms with Crippen molar-refractivity contribution in [2.75, 3.05) is 18.9 Å². The van der Waals surface area contributed by atoms with E-state index < -0.39 is 17.6 Å². The lowest BCUT2D eigenvalue weighted by atomic mass is 10.1. The van der Waals surface area contributed by atoms with Crippen LogP contribution < -0.4 is 0 Å². The van der Waals surface area contributed by atoms with E-state index in [1.807, 2.05) is 0 Å². The summed E-state index contributed by atoms with van der Waals surface area (Å²) in [4.78, 5) is 13.5. The van der Waals surface area contributed by atoms with Crippen molar-refractivity contribution in [2.24, 2.45) is 0 Å². The SMILES string of the molecule is CN(CCCCCBr)C(=O)c1ccc(Br)cc1C(F)(F)F. The van der Waals surface area contributed by atoms with Crippen LogP contribution in [0.4, 0.5) is 13.2 Å². The minimum Gasteiger partial charge on any atom is -0.342 e. The molecule has 118 valence electrons. The molecule has 0 N–H and O–H groups in total. The second-order valence-corrected chi connectivity index (χ2v) is 6.37. The van der Waals surface area contributed by atoms with Gasteiger partial charge < -0.3 is 4.90 Å². The monoisotopic (exact) mass is 429 g/mol. The number of carbonyl (C=O) groups is 1.